The summed E-state index contributed by atoms with van der Waals surface area (Å²) in [6.07, 6.45) is 3.56. The maximum absolute atomic E-state index is 13.6. The Labute approximate surface area is 165 Å². The third-order valence-corrected chi connectivity index (χ3v) is 8.53. The van der Waals surface area contributed by atoms with Crippen molar-refractivity contribution in [2.75, 3.05) is 20.1 Å². The van der Waals surface area contributed by atoms with Crippen LogP contribution in [0.4, 0.5) is 0 Å². The number of pyridine rings is 1. The van der Waals surface area contributed by atoms with Gasteiger partial charge < -0.3 is 4.90 Å². The van der Waals surface area contributed by atoms with Crippen molar-refractivity contribution < 1.29 is 8.42 Å². The Kier molecular flexibility index (Phi) is 4.45. The molecule has 0 spiro atoms. The molecule has 1 fully saturated rings. The minimum atomic E-state index is -3.64. The van der Waals surface area contributed by atoms with Gasteiger partial charge in [0, 0.05) is 35.4 Å². The molecule has 1 saturated heterocycles. The summed E-state index contributed by atoms with van der Waals surface area (Å²) in [4.78, 5) is 7.27. The number of likely N-dealkylation sites (tertiary alicyclic amines) is 1. The van der Waals surface area contributed by atoms with Gasteiger partial charge in [-0.1, -0.05) is 29.3 Å². The van der Waals surface area contributed by atoms with Crippen LogP contribution in [-0.4, -0.2) is 38.4 Å². The van der Waals surface area contributed by atoms with E-state index in [-0.39, 0.29) is 0 Å². The number of sulfone groups is 1. The maximum Gasteiger partial charge on any atom is 0.188 e. The monoisotopic (exact) mass is 402 g/mol. The number of fused-ring (bicyclic) bond motifs is 2. The molecule has 0 bridgehead atoms. The second-order valence-corrected chi connectivity index (χ2v) is 10.7. The lowest BCUT2D eigenvalue weighted by atomic mass is 9.87. The summed E-state index contributed by atoms with van der Waals surface area (Å²) >= 11 is 6.21. The molecule has 4 nitrogen and oxygen atoms in total. The highest BCUT2D eigenvalue weighted by molar-refractivity contribution is 7.92. The molecule has 2 aliphatic heterocycles. The third kappa shape index (κ3) is 2.84. The summed E-state index contributed by atoms with van der Waals surface area (Å²) in [6, 6.07) is 8.91. The first-order chi connectivity index (χ1) is 12.7. The van der Waals surface area contributed by atoms with Crippen molar-refractivity contribution in [2.45, 2.75) is 36.3 Å². The van der Waals surface area contributed by atoms with Gasteiger partial charge in [0.2, 0.25) is 0 Å². The molecule has 0 unspecified atom stereocenters. The van der Waals surface area contributed by atoms with E-state index in [2.05, 4.69) is 16.9 Å². The fourth-order valence-electron chi connectivity index (χ4n) is 4.06. The molecule has 27 heavy (non-hydrogen) atoms. The van der Waals surface area contributed by atoms with Crippen LogP contribution in [-0.2, 0) is 14.6 Å². The molecule has 0 N–H and O–H groups in total. The van der Waals surface area contributed by atoms with Crippen molar-refractivity contribution >= 4 is 27.0 Å². The second kappa shape index (κ2) is 6.43. The predicted octanol–water partition coefficient (Wildman–Crippen LogP) is 4.28. The standard InChI is InChI=1S/C21H23ClN2O2S/c1-21(2)17-5-4-10-23-20(17)19(14-8-11-24(3)12-9-14)16-7-6-15(22)13-18(16)27(21,25)26/h4-7,10,13H,8-9,11-12H2,1-3H3. The second-order valence-electron chi connectivity index (χ2n) is 7.84. The number of rotatable bonds is 0. The minimum absolute atomic E-state index is 0.305. The van der Waals surface area contributed by atoms with Crippen LogP contribution in [0.5, 0.6) is 0 Å². The zero-order chi connectivity index (χ0) is 19.4. The smallest absolute Gasteiger partial charge is 0.188 e. The molecular formula is C21H23ClN2O2S. The van der Waals surface area contributed by atoms with Crippen LogP contribution < -0.4 is 0 Å². The van der Waals surface area contributed by atoms with E-state index in [1.54, 1.807) is 32.2 Å². The van der Waals surface area contributed by atoms with Crippen LogP contribution in [0.15, 0.2) is 47.0 Å². The van der Waals surface area contributed by atoms with Gasteiger partial charge in [-0.15, -0.1) is 0 Å². The first-order valence-electron chi connectivity index (χ1n) is 9.14. The van der Waals surface area contributed by atoms with Crippen LogP contribution in [0.1, 0.15) is 43.5 Å². The van der Waals surface area contributed by atoms with Gasteiger partial charge in [-0.05, 0) is 57.5 Å². The largest absolute Gasteiger partial charge is 0.306 e. The molecule has 2 aromatic rings. The summed E-state index contributed by atoms with van der Waals surface area (Å²) in [5, 5.41) is 0.430. The summed E-state index contributed by atoms with van der Waals surface area (Å²) in [5.74, 6) is 0. The van der Waals surface area contributed by atoms with Crippen LogP contribution in [0.3, 0.4) is 0 Å². The molecule has 0 amide bonds. The SMILES string of the molecule is CN1CCC(=C2c3ccc(Cl)cc3S(=O)(=O)C(C)(C)c3cccnc32)CC1. The van der Waals surface area contributed by atoms with E-state index in [9.17, 15) is 8.42 Å². The Bertz CT molecular complexity index is 1050. The van der Waals surface area contributed by atoms with Crippen molar-refractivity contribution in [3.05, 3.63) is 63.9 Å². The summed E-state index contributed by atoms with van der Waals surface area (Å²) in [5.41, 5.74) is 4.50. The fourth-order valence-corrected chi connectivity index (χ4v) is 6.04. The number of hydrogen-bond acceptors (Lipinski definition) is 4. The normalized spacial score (nSPS) is 21.3. The number of piperidine rings is 1. The van der Waals surface area contributed by atoms with Gasteiger partial charge in [0.15, 0.2) is 9.84 Å². The van der Waals surface area contributed by atoms with Crippen LogP contribution in [0, 0.1) is 0 Å². The first-order valence-corrected chi connectivity index (χ1v) is 11.0. The highest BCUT2D eigenvalue weighted by atomic mass is 35.5. The highest BCUT2D eigenvalue weighted by Gasteiger charge is 2.44. The first kappa shape index (κ1) is 18.7. The lowest BCUT2D eigenvalue weighted by molar-refractivity contribution is 0.313. The third-order valence-electron chi connectivity index (χ3n) is 5.81. The summed E-state index contributed by atoms with van der Waals surface area (Å²) in [6.45, 7) is 5.44. The molecule has 0 saturated carbocycles. The van der Waals surface area contributed by atoms with Crippen molar-refractivity contribution in [2.24, 2.45) is 0 Å². The van der Waals surface area contributed by atoms with Gasteiger partial charge >= 0.3 is 0 Å². The van der Waals surface area contributed by atoms with E-state index >= 15 is 0 Å². The van der Waals surface area contributed by atoms with E-state index < -0.39 is 14.6 Å². The van der Waals surface area contributed by atoms with Crippen LogP contribution >= 0.6 is 11.6 Å². The molecule has 3 heterocycles. The average molecular weight is 403 g/mol. The lowest BCUT2D eigenvalue weighted by Gasteiger charge is -2.27. The fraction of sp³-hybridized carbons (Fsp3) is 0.381. The van der Waals surface area contributed by atoms with Gasteiger partial charge in [-0.25, -0.2) is 8.42 Å². The van der Waals surface area contributed by atoms with E-state index in [0.29, 0.717) is 9.92 Å². The van der Waals surface area contributed by atoms with Crippen molar-refractivity contribution in [1.29, 1.82) is 0 Å². The average Bonchev–Trinajstić information content (AvgIpc) is 2.69. The molecule has 142 valence electrons. The quantitative estimate of drug-likeness (QED) is 0.659. The van der Waals surface area contributed by atoms with Crippen molar-refractivity contribution in [3.8, 4) is 0 Å². The Balaban J connectivity index is 2.13. The molecular weight excluding hydrogens is 380 g/mol. The Hall–Kier alpha value is -1.69. The van der Waals surface area contributed by atoms with E-state index in [1.807, 2.05) is 18.2 Å². The topological polar surface area (TPSA) is 50.3 Å². The zero-order valence-electron chi connectivity index (χ0n) is 15.8. The van der Waals surface area contributed by atoms with Crippen LogP contribution in [0.2, 0.25) is 5.02 Å². The van der Waals surface area contributed by atoms with Gasteiger partial charge in [0.05, 0.1) is 15.3 Å². The molecule has 0 radical (unpaired) electrons. The molecule has 6 heteroatoms. The van der Waals surface area contributed by atoms with Gasteiger partial charge in [-0.2, -0.15) is 0 Å². The summed E-state index contributed by atoms with van der Waals surface area (Å²) in [7, 11) is -1.53. The zero-order valence-corrected chi connectivity index (χ0v) is 17.4. The Morgan fingerprint density at radius 1 is 1.15 bits per heavy atom. The number of nitrogens with zero attached hydrogens (tertiary/aromatic N) is 2. The molecule has 1 aromatic carbocycles. The summed E-state index contributed by atoms with van der Waals surface area (Å²) < 4.78 is 26.2. The lowest BCUT2D eigenvalue weighted by Crippen LogP contribution is -2.29. The van der Waals surface area contributed by atoms with Crippen LogP contribution in [0.25, 0.3) is 5.57 Å². The van der Waals surface area contributed by atoms with E-state index in [1.165, 1.54) is 5.57 Å². The minimum Gasteiger partial charge on any atom is -0.306 e. The van der Waals surface area contributed by atoms with Crippen molar-refractivity contribution in [1.82, 2.24) is 9.88 Å². The van der Waals surface area contributed by atoms with Gasteiger partial charge in [-0.3, -0.25) is 4.98 Å². The number of hydrogen-bond donors (Lipinski definition) is 0. The maximum atomic E-state index is 13.6. The molecule has 2 aliphatic rings. The number of benzene rings is 1. The highest BCUT2D eigenvalue weighted by Crippen LogP contribution is 2.47. The molecule has 0 aliphatic carbocycles. The Morgan fingerprint density at radius 2 is 1.85 bits per heavy atom. The number of halogens is 1. The number of aromatic nitrogens is 1. The van der Waals surface area contributed by atoms with Gasteiger partial charge in [0.25, 0.3) is 0 Å². The van der Waals surface area contributed by atoms with Gasteiger partial charge in [0.1, 0.15) is 0 Å². The Morgan fingerprint density at radius 3 is 2.56 bits per heavy atom. The van der Waals surface area contributed by atoms with Crippen molar-refractivity contribution in [3.63, 3.8) is 0 Å². The molecule has 4 rings (SSSR count). The molecule has 1 aromatic heterocycles. The molecule has 0 atom stereocenters. The predicted molar refractivity (Wildman–Crippen MR) is 109 cm³/mol. The van der Waals surface area contributed by atoms with E-state index in [4.69, 9.17) is 11.6 Å². The van der Waals surface area contributed by atoms with E-state index in [0.717, 1.165) is 48.3 Å².